The molecule has 0 spiro atoms. The highest BCUT2D eigenvalue weighted by molar-refractivity contribution is 5.96. The van der Waals surface area contributed by atoms with E-state index in [4.69, 9.17) is 14.6 Å². The predicted octanol–water partition coefficient (Wildman–Crippen LogP) is 1.77. The van der Waals surface area contributed by atoms with Crippen LogP contribution >= 0.6 is 0 Å². The summed E-state index contributed by atoms with van der Waals surface area (Å²) in [6.45, 7) is 1.61. The Balaban J connectivity index is 3.19. The maximum absolute atomic E-state index is 11.9. The minimum absolute atomic E-state index is 0.0426. The van der Waals surface area contributed by atoms with Gasteiger partial charge in [0.25, 0.3) is 0 Å². The molecule has 0 aromatic heterocycles. The zero-order chi connectivity index (χ0) is 15.8. The van der Waals surface area contributed by atoms with Crippen LogP contribution in [0, 0.1) is 5.92 Å². The molecule has 1 aromatic rings. The van der Waals surface area contributed by atoms with Crippen molar-refractivity contribution >= 4 is 18.1 Å². The summed E-state index contributed by atoms with van der Waals surface area (Å²) in [5.74, 6) is -3.35. The first-order chi connectivity index (χ1) is 10.0. The molecule has 0 bridgehead atoms. The van der Waals surface area contributed by atoms with Gasteiger partial charge in [-0.15, -0.1) is 0 Å². The number of hydrogen-bond acceptors (Lipinski definition) is 6. The van der Waals surface area contributed by atoms with Gasteiger partial charge in [0.2, 0.25) is 0 Å². The topological polar surface area (TPSA) is 99.1 Å². The molecule has 0 aliphatic rings. The minimum Gasteiger partial charge on any atom is -0.468 e. The fraction of sp³-hybridized carbons (Fsp3) is 0.357. The van der Waals surface area contributed by atoms with E-state index in [2.05, 4.69) is 4.74 Å². The van der Waals surface area contributed by atoms with E-state index < -0.39 is 30.1 Å². The molecule has 1 N–H and O–H groups in total. The largest absolute Gasteiger partial charge is 0.506 e. The molecule has 21 heavy (non-hydrogen) atoms. The molecule has 0 saturated carbocycles. The molecule has 0 heterocycles. The van der Waals surface area contributed by atoms with E-state index in [0.29, 0.717) is 5.56 Å². The lowest BCUT2D eigenvalue weighted by Gasteiger charge is -2.22. The molecule has 7 nitrogen and oxygen atoms in total. The molecule has 0 saturated heterocycles. The normalized spacial score (nSPS) is 12.9. The summed E-state index contributed by atoms with van der Waals surface area (Å²) in [6.07, 6.45) is -2.95. The molecule has 2 unspecified atom stereocenters. The van der Waals surface area contributed by atoms with Crippen LogP contribution in [0.25, 0.3) is 0 Å². The van der Waals surface area contributed by atoms with Crippen LogP contribution in [0.4, 0.5) is 4.79 Å². The van der Waals surface area contributed by atoms with Gasteiger partial charge in [-0.25, -0.2) is 4.79 Å². The average molecular weight is 296 g/mol. The lowest BCUT2D eigenvalue weighted by molar-refractivity contribution is -0.166. The smallest absolute Gasteiger partial charge is 0.468 e. The van der Waals surface area contributed by atoms with Crippen molar-refractivity contribution in [2.75, 3.05) is 13.7 Å². The van der Waals surface area contributed by atoms with Gasteiger partial charge < -0.3 is 19.3 Å². The van der Waals surface area contributed by atoms with Gasteiger partial charge in [0, 0.05) is 0 Å². The zero-order valence-electron chi connectivity index (χ0n) is 11.6. The van der Waals surface area contributed by atoms with Gasteiger partial charge >= 0.3 is 18.1 Å². The third-order valence-corrected chi connectivity index (χ3v) is 2.65. The summed E-state index contributed by atoms with van der Waals surface area (Å²) in [5.41, 5.74) is 0.350. The molecule has 1 rings (SSSR count). The molecular formula is C14H16O7. The Labute approximate surface area is 121 Å². The third-order valence-electron chi connectivity index (χ3n) is 2.65. The van der Waals surface area contributed by atoms with Gasteiger partial charge in [-0.2, -0.15) is 0 Å². The first-order valence-electron chi connectivity index (χ1n) is 6.20. The maximum atomic E-state index is 11.9. The quantitative estimate of drug-likeness (QED) is 0.485. The second kappa shape index (κ2) is 7.88. The first-order valence-corrected chi connectivity index (χ1v) is 6.20. The molecule has 7 heteroatoms. The Morgan fingerprint density at radius 2 is 1.76 bits per heavy atom. The number of benzene rings is 1. The number of carbonyl (C=O) groups excluding carboxylic acids is 2. The second-order valence-corrected chi connectivity index (χ2v) is 3.97. The SMILES string of the molecule is CCOC(=O)C(C(=O)OC)C(OC(=O)O)c1ccccc1. The maximum Gasteiger partial charge on any atom is 0.506 e. The van der Waals surface area contributed by atoms with Gasteiger partial charge in [0.05, 0.1) is 13.7 Å². The predicted molar refractivity (Wildman–Crippen MR) is 70.4 cm³/mol. The fourth-order valence-electron chi connectivity index (χ4n) is 1.78. The fourth-order valence-corrected chi connectivity index (χ4v) is 1.78. The molecule has 1 aromatic carbocycles. The van der Waals surface area contributed by atoms with Crippen molar-refractivity contribution in [3.05, 3.63) is 35.9 Å². The lowest BCUT2D eigenvalue weighted by Crippen LogP contribution is -2.35. The van der Waals surface area contributed by atoms with E-state index in [1.807, 2.05) is 0 Å². The molecule has 0 radical (unpaired) electrons. The van der Waals surface area contributed by atoms with Crippen LogP contribution in [0.2, 0.25) is 0 Å². The molecule has 0 aliphatic heterocycles. The number of carboxylic acid groups (broad SMARTS) is 1. The second-order valence-electron chi connectivity index (χ2n) is 3.97. The highest BCUT2D eigenvalue weighted by Gasteiger charge is 2.41. The summed E-state index contributed by atoms with van der Waals surface area (Å²) in [7, 11) is 1.09. The molecule has 114 valence electrons. The third kappa shape index (κ3) is 4.48. The molecule has 0 aliphatic carbocycles. The van der Waals surface area contributed by atoms with E-state index in [1.54, 1.807) is 37.3 Å². The van der Waals surface area contributed by atoms with Gasteiger partial charge in [-0.1, -0.05) is 30.3 Å². The minimum atomic E-state index is -1.61. The van der Waals surface area contributed by atoms with Crippen LogP contribution in [0.1, 0.15) is 18.6 Å². The van der Waals surface area contributed by atoms with E-state index >= 15 is 0 Å². The standard InChI is InChI=1S/C14H16O7/c1-3-20-13(16)10(12(15)19-2)11(21-14(17)18)9-7-5-4-6-8-9/h4-8,10-11H,3H2,1-2H3,(H,17,18). The molecule has 2 atom stereocenters. The lowest BCUT2D eigenvalue weighted by atomic mass is 9.95. The van der Waals surface area contributed by atoms with Crippen LogP contribution in [0.5, 0.6) is 0 Å². The summed E-state index contributed by atoms with van der Waals surface area (Å²) >= 11 is 0. The monoisotopic (exact) mass is 296 g/mol. The molecule has 0 fully saturated rings. The van der Waals surface area contributed by atoms with Gasteiger partial charge in [0.15, 0.2) is 12.0 Å². The van der Waals surface area contributed by atoms with Crippen LogP contribution in [-0.4, -0.2) is 36.9 Å². The van der Waals surface area contributed by atoms with Crippen LogP contribution in [-0.2, 0) is 23.8 Å². The van der Waals surface area contributed by atoms with Crippen molar-refractivity contribution in [3.63, 3.8) is 0 Å². The van der Waals surface area contributed by atoms with Crippen molar-refractivity contribution in [2.24, 2.45) is 5.92 Å². The van der Waals surface area contributed by atoms with Crippen molar-refractivity contribution in [1.82, 2.24) is 0 Å². The van der Waals surface area contributed by atoms with Gasteiger partial charge in [-0.3, -0.25) is 9.59 Å². The van der Waals surface area contributed by atoms with Crippen molar-refractivity contribution in [1.29, 1.82) is 0 Å². The van der Waals surface area contributed by atoms with Crippen molar-refractivity contribution in [2.45, 2.75) is 13.0 Å². The first kappa shape index (κ1) is 16.5. The number of esters is 2. The zero-order valence-corrected chi connectivity index (χ0v) is 11.6. The average Bonchev–Trinajstić information content (AvgIpc) is 2.47. The molecule has 0 amide bonds. The molecular weight excluding hydrogens is 280 g/mol. The van der Waals surface area contributed by atoms with E-state index in [-0.39, 0.29) is 6.61 Å². The Hall–Kier alpha value is -2.57. The van der Waals surface area contributed by atoms with Crippen molar-refractivity contribution in [3.8, 4) is 0 Å². The Morgan fingerprint density at radius 1 is 1.14 bits per heavy atom. The van der Waals surface area contributed by atoms with E-state index in [0.717, 1.165) is 7.11 Å². The Kier molecular flexibility index (Phi) is 6.19. The summed E-state index contributed by atoms with van der Waals surface area (Å²) in [6, 6.07) is 8.06. The van der Waals surface area contributed by atoms with Crippen molar-refractivity contribution < 1.29 is 33.7 Å². The van der Waals surface area contributed by atoms with Gasteiger partial charge in [0.1, 0.15) is 0 Å². The van der Waals surface area contributed by atoms with Crippen LogP contribution in [0.3, 0.4) is 0 Å². The number of rotatable bonds is 6. The van der Waals surface area contributed by atoms with Crippen LogP contribution in [0.15, 0.2) is 30.3 Å². The number of carbonyl (C=O) groups is 3. The highest BCUT2D eigenvalue weighted by Crippen LogP contribution is 2.28. The number of hydrogen-bond donors (Lipinski definition) is 1. The summed E-state index contributed by atoms with van der Waals surface area (Å²) in [4.78, 5) is 34.6. The Morgan fingerprint density at radius 3 is 2.24 bits per heavy atom. The Bertz CT molecular complexity index is 497. The number of ether oxygens (including phenoxy) is 3. The number of methoxy groups -OCH3 is 1. The summed E-state index contributed by atoms with van der Waals surface area (Å²) in [5, 5.41) is 8.83. The van der Waals surface area contributed by atoms with Gasteiger partial charge in [-0.05, 0) is 12.5 Å². The van der Waals surface area contributed by atoms with E-state index in [9.17, 15) is 14.4 Å². The highest BCUT2D eigenvalue weighted by atomic mass is 16.7. The summed E-state index contributed by atoms with van der Waals surface area (Å²) < 4.78 is 14.1. The van der Waals surface area contributed by atoms with Crippen LogP contribution < -0.4 is 0 Å². The van der Waals surface area contributed by atoms with E-state index in [1.165, 1.54) is 0 Å².